The smallest absolute Gasteiger partial charge is 0.407 e. The Morgan fingerprint density at radius 2 is 2.03 bits per heavy atom. The second kappa shape index (κ2) is 9.35. The molecule has 3 aromatic rings. The van der Waals surface area contributed by atoms with Gasteiger partial charge in [-0.2, -0.15) is 0 Å². The Kier molecular flexibility index (Phi) is 6.37. The first kappa shape index (κ1) is 21.1. The highest BCUT2D eigenvalue weighted by Crippen LogP contribution is 2.27. The number of fused-ring (bicyclic) bond motifs is 1. The number of halogens is 1. The first-order chi connectivity index (χ1) is 15.0. The van der Waals surface area contributed by atoms with Crippen LogP contribution in [0, 0.1) is 6.92 Å². The number of benzene rings is 2. The van der Waals surface area contributed by atoms with E-state index in [0.29, 0.717) is 29.2 Å². The standard InChI is InChI=1S/C24H24ClN3O3/c1-16-12-20-21(25)9-10-26-22(20)13-19(16)23(29)28-11-5-8-18(28)14-27-24(30)31-15-17-6-3-2-4-7-17/h2-4,6-7,9-10,12-13,18H,5,8,11,14-15H2,1H3,(H,27,30)/t18-/m1/s1. The van der Waals surface area contributed by atoms with Gasteiger partial charge in [0, 0.05) is 36.3 Å². The number of likely N-dealkylation sites (tertiary alicyclic amines) is 1. The van der Waals surface area contributed by atoms with Crippen LogP contribution in [0.2, 0.25) is 5.02 Å². The summed E-state index contributed by atoms with van der Waals surface area (Å²) in [5, 5.41) is 4.25. The quantitative estimate of drug-likeness (QED) is 0.626. The van der Waals surface area contributed by atoms with Crippen LogP contribution >= 0.6 is 11.6 Å². The molecular formula is C24H24ClN3O3. The van der Waals surface area contributed by atoms with Crippen LogP contribution < -0.4 is 5.32 Å². The maximum atomic E-state index is 13.3. The van der Waals surface area contributed by atoms with Crippen molar-refractivity contribution in [3.8, 4) is 0 Å². The van der Waals surface area contributed by atoms with Gasteiger partial charge in [-0.25, -0.2) is 4.79 Å². The summed E-state index contributed by atoms with van der Waals surface area (Å²) in [4.78, 5) is 31.6. The lowest BCUT2D eigenvalue weighted by Crippen LogP contribution is -2.43. The van der Waals surface area contributed by atoms with E-state index in [1.165, 1.54) is 0 Å². The first-order valence-corrected chi connectivity index (χ1v) is 10.7. The molecule has 2 heterocycles. The number of alkyl carbamates (subject to hydrolysis) is 1. The Morgan fingerprint density at radius 1 is 1.23 bits per heavy atom. The number of aromatic nitrogens is 1. The Bertz CT molecular complexity index is 1100. The van der Waals surface area contributed by atoms with Gasteiger partial charge >= 0.3 is 6.09 Å². The lowest BCUT2D eigenvalue weighted by molar-refractivity contribution is 0.0729. The summed E-state index contributed by atoms with van der Waals surface area (Å²) in [7, 11) is 0. The van der Waals surface area contributed by atoms with Crippen molar-refractivity contribution in [2.24, 2.45) is 0 Å². The third kappa shape index (κ3) is 4.80. The fourth-order valence-corrected chi connectivity index (χ4v) is 4.15. The van der Waals surface area contributed by atoms with Crippen LogP contribution in [0.15, 0.2) is 54.7 Å². The summed E-state index contributed by atoms with van der Waals surface area (Å²) in [6.45, 7) is 3.13. The average Bonchev–Trinajstić information content (AvgIpc) is 3.25. The molecule has 7 heteroatoms. The number of carbonyl (C=O) groups excluding carboxylic acids is 2. The normalized spacial score (nSPS) is 15.8. The molecule has 1 aliphatic heterocycles. The number of rotatable bonds is 5. The van der Waals surface area contributed by atoms with Crippen molar-refractivity contribution in [3.05, 3.63) is 76.4 Å². The summed E-state index contributed by atoms with van der Waals surface area (Å²) in [6.07, 6.45) is 2.89. The molecule has 31 heavy (non-hydrogen) atoms. The third-order valence-corrected chi connectivity index (χ3v) is 5.93. The maximum Gasteiger partial charge on any atom is 0.407 e. The minimum absolute atomic E-state index is 0.0527. The molecule has 160 valence electrons. The number of carbonyl (C=O) groups is 2. The number of amides is 2. The molecule has 0 aliphatic carbocycles. The van der Waals surface area contributed by atoms with Crippen LogP contribution in [0.3, 0.4) is 0 Å². The van der Waals surface area contributed by atoms with Crippen molar-refractivity contribution < 1.29 is 14.3 Å². The van der Waals surface area contributed by atoms with Gasteiger partial charge in [0.25, 0.3) is 5.91 Å². The van der Waals surface area contributed by atoms with E-state index in [2.05, 4.69) is 10.3 Å². The van der Waals surface area contributed by atoms with Crippen LogP contribution in [-0.2, 0) is 11.3 Å². The minimum atomic E-state index is -0.483. The van der Waals surface area contributed by atoms with Gasteiger partial charge < -0.3 is 15.0 Å². The Hall–Kier alpha value is -3.12. The van der Waals surface area contributed by atoms with Crippen LogP contribution in [0.5, 0.6) is 0 Å². The summed E-state index contributed by atoms with van der Waals surface area (Å²) >= 11 is 6.26. The molecule has 6 nitrogen and oxygen atoms in total. The minimum Gasteiger partial charge on any atom is -0.445 e. The number of hydrogen-bond acceptors (Lipinski definition) is 4. The van der Waals surface area contributed by atoms with Crippen molar-refractivity contribution in [3.63, 3.8) is 0 Å². The Balaban J connectivity index is 1.40. The van der Waals surface area contributed by atoms with Crippen molar-refractivity contribution in [1.29, 1.82) is 0 Å². The van der Waals surface area contributed by atoms with E-state index in [1.807, 2.05) is 48.2 Å². The SMILES string of the molecule is Cc1cc2c(Cl)ccnc2cc1C(=O)N1CCC[C@@H]1CNC(=O)OCc1ccccc1. The number of nitrogens with zero attached hydrogens (tertiary/aromatic N) is 2. The molecule has 0 radical (unpaired) electrons. The zero-order chi connectivity index (χ0) is 21.8. The first-order valence-electron chi connectivity index (χ1n) is 10.3. The molecule has 2 aromatic carbocycles. The van der Waals surface area contributed by atoms with Crippen LogP contribution in [0.1, 0.15) is 34.3 Å². The zero-order valence-electron chi connectivity index (χ0n) is 17.3. The predicted octanol–water partition coefficient (Wildman–Crippen LogP) is 4.73. The van der Waals surface area contributed by atoms with Gasteiger partial charge in [0.05, 0.1) is 10.5 Å². The number of aryl methyl sites for hydroxylation is 1. The topological polar surface area (TPSA) is 71.5 Å². The van der Waals surface area contributed by atoms with Crippen molar-refractivity contribution in [2.75, 3.05) is 13.1 Å². The highest BCUT2D eigenvalue weighted by molar-refractivity contribution is 6.35. The second-order valence-corrected chi connectivity index (χ2v) is 8.12. The van der Waals surface area contributed by atoms with Gasteiger partial charge in [-0.05, 0) is 49.1 Å². The van der Waals surface area contributed by atoms with E-state index in [9.17, 15) is 9.59 Å². The summed E-state index contributed by atoms with van der Waals surface area (Å²) in [6, 6.07) is 14.9. The highest BCUT2D eigenvalue weighted by atomic mass is 35.5. The van der Waals surface area contributed by atoms with E-state index in [-0.39, 0.29) is 18.6 Å². The summed E-state index contributed by atoms with van der Waals surface area (Å²) < 4.78 is 5.27. The summed E-state index contributed by atoms with van der Waals surface area (Å²) in [5.41, 5.74) is 3.09. The van der Waals surface area contributed by atoms with E-state index >= 15 is 0 Å². The van der Waals surface area contributed by atoms with Gasteiger partial charge in [0.2, 0.25) is 0 Å². The van der Waals surface area contributed by atoms with Crippen molar-refractivity contribution in [1.82, 2.24) is 15.2 Å². The number of hydrogen-bond donors (Lipinski definition) is 1. The van der Waals surface area contributed by atoms with Gasteiger partial charge in [0.1, 0.15) is 6.61 Å². The second-order valence-electron chi connectivity index (χ2n) is 7.71. The predicted molar refractivity (Wildman–Crippen MR) is 120 cm³/mol. The van der Waals surface area contributed by atoms with E-state index < -0.39 is 6.09 Å². The molecule has 0 spiro atoms. The molecule has 1 aromatic heterocycles. The van der Waals surface area contributed by atoms with Gasteiger partial charge in [-0.15, -0.1) is 0 Å². The largest absolute Gasteiger partial charge is 0.445 e. The molecule has 0 bridgehead atoms. The van der Waals surface area contributed by atoms with Crippen LogP contribution in [0.25, 0.3) is 10.9 Å². The number of ether oxygens (including phenoxy) is 1. The lowest BCUT2D eigenvalue weighted by atomic mass is 10.0. The molecule has 4 rings (SSSR count). The van der Waals surface area contributed by atoms with Gasteiger partial charge in [-0.3, -0.25) is 9.78 Å². The van der Waals surface area contributed by atoms with E-state index in [4.69, 9.17) is 16.3 Å². The van der Waals surface area contributed by atoms with Crippen LogP contribution in [0.4, 0.5) is 4.79 Å². The van der Waals surface area contributed by atoms with Crippen molar-refractivity contribution >= 4 is 34.5 Å². The summed E-state index contributed by atoms with van der Waals surface area (Å²) in [5.74, 6) is -0.0527. The Labute approximate surface area is 186 Å². The molecule has 0 unspecified atom stereocenters. The number of nitrogens with one attached hydrogen (secondary N) is 1. The monoisotopic (exact) mass is 437 g/mol. The van der Waals surface area contributed by atoms with E-state index in [0.717, 1.165) is 29.4 Å². The molecule has 1 atom stereocenters. The number of pyridine rings is 1. The molecule has 1 aliphatic rings. The highest BCUT2D eigenvalue weighted by Gasteiger charge is 2.30. The zero-order valence-corrected chi connectivity index (χ0v) is 18.1. The van der Waals surface area contributed by atoms with Crippen LogP contribution in [-0.4, -0.2) is 41.0 Å². The third-order valence-electron chi connectivity index (χ3n) is 5.60. The van der Waals surface area contributed by atoms with Gasteiger partial charge in [-0.1, -0.05) is 41.9 Å². The molecule has 1 N–H and O–H groups in total. The molecule has 1 saturated heterocycles. The molecule has 1 fully saturated rings. The average molecular weight is 438 g/mol. The molecule has 0 saturated carbocycles. The Morgan fingerprint density at radius 3 is 2.84 bits per heavy atom. The fourth-order valence-electron chi connectivity index (χ4n) is 3.94. The lowest BCUT2D eigenvalue weighted by Gasteiger charge is -2.25. The van der Waals surface area contributed by atoms with Gasteiger partial charge in [0.15, 0.2) is 0 Å². The maximum absolute atomic E-state index is 13.3. The fraction of sp³-hybridized carbons (Fsp3) is 0.292. The van der Waals surface area contributed by atoms with E-state index in [1.54, 1.807) is 18.3 Å². The van der Waals surface area contributed by atoms with Crippen molar-refractivity contribution in [2.45, 2.75) is 32.4 Å². The molecular weight excluding hydrogens is 414 g/mol. The molecule has 2 amide bonds.